The third kappa shape index (κ3) is 4.10. The van der Waals surface area contributed by atoms with Gasteiger partial charge in [0.15, 0.2) is 17.5 Å². The summed E-state index contributed by atoms with van der Waals surface area (Å²) < 4.78 is 10.1. The van der Waals surface area contributed by atoms with Crippen molar-refractivity contribution in [1.29, 1.82) is 0 Å². The number of furan rings is 1. The van der Waals surface area contributed by atoms with Crippen LogP contribution < -0.4 is 0 Å². The first kappa shape index (κ1) is 25.9. The van der Waals surface area contributed by atoms with E-state index < -0.39 is 0 Å². The van der Waals surface area contributed by atoms with Gasteiger partial charge in [-0.1, -0.05) is 109 Å². The van der Waals surface area contributed by atoms with Crippen LogP contribution in [-0.2, 0) is 0 Å². The third-order valence-corrected chi connectivity index (χ3v) is 8.97. The van der Waals surface area contributed by atoms with Gasteiger partial charge in [-0.15, -0.1) is 0 Å². The molecule has 0 saturated heterocycles. The van der Waals surface area contributed by atoms with Crippen LogP contribution in [0.5, 0.6) is 0 Å². The first-order chi connectivity index (χ1) is 22.2. The maximum atomic E-state index is 6.70. The van der Waals surface area contributed by atoms with Crippen LogP contribution in [0.15, 0.2) is 148 Å². The molecule has 212 valence electrons. The molecule has 9 aromatic rings. The van der Waals surface area contributed by atoms with Gasteiger partial charge in [0.2, 0.25) is 0 Å². The van der Waals surface area contributed by atoms with Crippen molar-refractivity contribution in [2.45, 2.75) is 0 Å². The summed E-state index contributed by atoms with van der Waals surface area (Å²) >= 11 is 3.87. The van der Waals surface area contributed by atoms with Crippen LogP contribution in [0.4, 0.5) is 0 Å². The molecule has 0 bridgehead atoms. The predicted octanol–water partition coefficient (Wildman–Crippen LogP) is 10.6. The lowest BCUT2D eigenvalue weighted by molar-refractivity contribution is 0.669. The second-order valence-corrected chi connectivity index (χ2v) is 11.8. The van der Waals surface area contributed by atoms with Crippen molar-refractivity contribution < 1.29 is 4.42 Å². The Morgan fingerprint density at radius 2 is 1.11 bits per heavy atom. The van der Waals surface area contributed by atoms with E-state index >= 15 is 0 Å². The fourth-order valence-electron chi connectivity index (χ4n) is 6.33. The molecule has 0 saturated carbocycles. The Hall–Kier alpha value is -5.59. The molecule has 0 atom stereocenters. The highest BCUT2D eigenvalue weighted by atomic mass is 79.9. The summed E-state index contributed by atoms with van der Waals surface area (Å²) in [4.78, 5) is 15.0. The Morgan fingerprint density at radius 1 is 0.511 bits per heavy atom. The Labute approximate surface area is 266 Å². The van der Waals surface area contributed by atoms with Gasteiger partial charge < -0.3 is 8.98 Å². The molecule has 0 aliphatic carbocycles. The van der Waals surface area contributed by atoms with Gasteiger partial charge in [-0.2, -0.15) is 0 Å². The third-order valence-electron chi connectivity index (χ3n) is 8.33. The number of rotatable bonds is 4. The first-order valence-corrected chi connectivity index (χ1v) is 15.5. The Kier molecular flexibility index (Phi) is 5.89. The Morgan fingerprint density at radius 3 is 1.84 bits per heavy atom. The molecule has 0 N–H and O–H groups in total. The van der Waals surface area contributed by atoms with Crippen molar-refractivity contribution in [3.63, 3.8) is 0 Å². The lowest BCUT2D eigenvalue weighted by atomic mass is 10.1. The van der Waals surface area contributed by atoms with Crippen LogP contribution in [0.25, 0.3) is 83.6 Å². The molecule has 9 rings (SSSR count). The zero-order chi connectivity index (χ0) is 29.9. The zero-order valence-electron chi connectivity index (χ0n) is 23.9. The Balaban J connectivity index is 1.38. The van der Waals surface area contributed by atoms with Gasteiger partial charge in [-0.25, -0.2) is 15.0 Å². The van der Waals surface area contributed by atoms with Crippen LogP contribution >= 0.6 is 15.9 Å². The molecule has 0 spiro atoms. The number of halogens is 1. The van der Waals surface area contributed by atoms with Crippen LogP contribution in [0.3, 0.4) is 0 Å². The minimum absolute atomic E-state index is 0.557. The Bertz CT molecular complexity index is 2500. The number of benzene rings is 6. The number of para-hydroxylation sites is 3. The van der Waals surface area contributed by atoms with E-state index in [1.165, 1.54) is 10.8 Å². The number of aromatic nitrogens is 4. The van der Waals surface area contributed by atoms with Crippen molar-refractivity contribution in [2.75, 3.05) is 0 Å². The first-order valence-electron chi connectivity index (χ1n) is 14.7. The number of hydrogen-bond donors (Lipinski definition) is 0. The molecule has 0 amide bonds. The number of hydrogen-bond acceptors (Lipinski definition) is 4. The predicted molar refractivity (Wildman–Crippen MR) is 185 cm³/mol. The standard InChI is InChI=1S/C39H23BrN4O/c40-30-19-11-18-27-26-16-7-9-20-31(26)44(35(27)30)32-23-22-29(36-34(32)28-17-8-10-21-33(28)45-36)39-42-37(24-12-3-1-4-13-24)41-38(43-39)25-14-5-2-6-15-25/h1-23H. The summed E-state index contributed by atoms with van der Waals surface area (Å²) in [5, 5.41) is 4.41. The lowest BCUT2D eigenvalue weighted by Crippen LogP contribution is -2.01. The highest BCUT2D eigenvalue weighted by Gasteiger charge is 2.23. The van der Waals surface area contributed by atoms with Crippen molar-refractivity contribution in [3.8, 4) is 39.9 Å². The van der Waals surface area contributed by atoms with Crippen LogP contribution in [0, 0.1) is 0 Å². The highest BCUT2D eigenvalue weighted by molar-refractivity contribution is 9.10. The van der Waals surface area contributed by atoms with Crippen molar-refractivity contribution in [2.24, 2.45) is 0 Å². The van der Waals surface area contributed by atoms with E-state index in [0.29, 0.717) is 17.5 Å². The molecule has 3 aromatic heterocycles. The summed E-state index contributed by atoms with van der Waals surface area (Å²) in [5.41, 5.74) is 7.45. The summed E-state index contributed by atoms with van der Waals surface area (Å²) in [6.45, 7) is 0. The summed E-state index contributed by atoms with van der Waals surface area (Å²) in [5.74, 6) is 1.78. The smallest absolute Gasteiger partial charge is 0.167 e. The van der Waals surface area contributed by atoms with Gasteiger partial charge in [-0.3, -0.25) is 0 Å². The van der Waals surface area contributed by atoms with Gasteiger partial charge in [0.05, 0.1) is 27.7 Å². The second-order valence-electron chi connectivity index (χ2n) is 11.0. The molecule has 45 heavy (non-hydrogen) atoms. The number of fused-ring (bicyclic) bond motifs is 6. The maximum Gasteiger partial charge on any atom is 0.167 e. The van der Waals surface area contributed by atoms with Gasteiger partial charge in [0.25, 0.3) is 0 Å². The quantitative estimate of drug-likeness (QED) is 0.192. The van der Waals surface area contributed by atoms with E-state index in [2.05, 4.69) is 87.2 Å². The van der Waals surface area contributed by atoms with Gasteiger partial charge in [0, 0.05) is 31.8 Å². The number of nitrogens with zero attached hydrogens (tertiary/aromatic N) is 4. The van der Waals surface area contributed by atoms with Gasteiger partial charge in [0.1, 0.15) is 11.2 Å². The minimum atomic E-state index is 0.557. The van der Waals surface area contributed by atoms with Crippen molar-refractivity contribution in [1.82, 2.24) is 19.5 Å². The molecule has 6 heteroatoms. The fraction of sp³-hybridized carbons (Fsp3) is 0. The SMILES string of the molecule is Brc1cccc2c3ccccc3n(-c3ccc(-c4nc(-c5ccccc5)nc(-c5ccccc5)n4)c4oc5ccccc5c34)c12. The molecule has 0 aliphatic rings. The van der Waals surface area contributed by atoms with Crippen LogP contribution in [-0.4, -0.2) is 19.5 Å². The molecular formula is C39H23BrN4O. The maximum absolute atomic E-state index is 6.70. The van der Waals surface area contributed by atoms with Crippen molar-refractivity contribution in [3.05, 3.63) is 144 Å². The highest BCUT2D eigenvalue weighted by Crippen LogP contribution is 2.43. The molecule has 0 radical (unpaired) electrons. The van der Waals surface area contributed by atoms with Gasteiger partial charge in [-0.05, 0) is 46.3 Å². The summed E-state index contributed by atoms with van der Waals surface area (Å²) in [7, 11) is 0. The summed E-state index contributed by atoms with van der Waals surface area (Å²) in [6, 6.07) is 47.4. The topological polar surface area (TPSA) is 56.7 Å². The molecular weight excluding hydrogens is 620 g/mol. The normalized spacial score (nSPS) is 11.7. The molecule has 0 unspecified atom stereocenters. The average molecular weight is 644 g/mol. The molecule has 3 heterocycles. The molecule has 6 aromatic carbocycles. The second kappa shape index (κ2) is 10.3. The molecule has 0 fully saturated rings. The molecule has 0 aliphatic heterocycles. The lowest BCUT2D eigenvalue weighted by Gasteiger charge is -2.13. The average Bonchev–Trinajstić information content (AvgIpc) is 3.66. The van der Waals surface area contributed by atoms with Gasteiger partial charge >= 0.3 is 0 Å². The van der Waals surface area contributed by atoms with E-state index in [1.807, 2.05) is 72.8 Å². The zero-order valence-corrected chi connectivity index (χ0v) is 25.4. The largest absolute Gasteiger partial charge is 0.455 e. The van der Waals surface area contributed by atoms with E-state index in [1.54, 1.807) is 0 Å². The van der Waals surface area contributed by atoms with E-state index in [4.69, 9.17) is 19.4 Å². The monoisotopic (exact) mass is 642 g/mol. The van der Waals surface area contributed by atoms with E-state index in [-0.39, 0.29) is 0 Å². The van der Waals surface area contributed by atoms with Crippen LogP contribution in [0.1, 0.15) is 0 Å². The van der Waals surface area contributed by atoms with E-state index in [0.717, 1.165) is 59.8 Å². The summed E-state index contributed by atoms with van der Waals surface area (Å²) in [6.07, 6.45) is 0. The minimum Gasteiger partial charge on any atom is -0.455 e. The van der Waals surface area contributed by atoms with E-state index in [9.17, 15) is 0 Å². The van der Waals surface area contributed by atoms with Crippen LogP contribution in [0.2, 0.25) is 0 Å². The fourth-order valence-corrected chi connectivity index (χ4v) is 6.87. The van der Waals surface area contributed by atoms with Crippen molar-refractivity contribution >= 4 is 59.7 Å². The molecule has 5 nitrogen and oxygen atoms in total.